The summed E-state index contributed by atoms with van der Waals surface area (Å²) in [6, 6.07) is 5.40. The maximum Gasteiger partial charge on any atom is 0.214 e. The van der Waals surface area contributed by atoms with E-state index < -0.39 is 10.0 Å². The predicted octanol–water partition coefficient (Wildman–Crippen LogP) is 2.20. The molecule has 0 aliphatic rings. The van der Waals surface area contributed by atoms with Crippen LogP contribution in [-0.2, 0) is 10.0 Å². The number of aromatic nitrogens is 1. The zero-order valence-corrected chi connectivity index (χ0v) is 11.4. The molecule has 96 valence electrons. The third kappa shape index (κ3) is 3.51. The van der Waals surface area contributed by atoms with Crippen LogP contribution >= 0.6 is 0 Å². The molecule has 0 aliphatic carbocycles. The molecule has 0 aromatic carbocycles. The van der Waals surface area contributed by atoms with Crippen LogP contribution in [0.1, 0.15) is 38.4 Å². The Labute approximate surface area is 104 Å². The second kappa shape index (κ2) is 6.12. The summed E-state index contributed by atoms with van der Waals surface area (Å²) in [5.74, 6) is 0.187. The third-order valence-electron chi connectivity index (χ3n) is 2.76. The van der Waals surface area contributed by atoms with E-state index in [0.717, 1.165) is 12.1 Å². The topological polar surface area (TPSA) is 50.3 Å². The monoisotopic (exact) mass is 256 g/mol. The largest absolute Gasteiger partial charge is 0.260 e. The molecule has 0 unspecified atom stereocenters. The average Bonchev–Trinajstić information content (AvgIpc) is 2.31. The molecule has 5 heteroatoms. The smallest absolute Gasteiger partial charge is 0.214 e. The molecule has 0 radical (unpaired) electrons. The maximum atomic E-state index is 12.0. The highest BCUT2D eigenvalue weighted by Crippen LogP contribution is 2.23. The minimum absolute atomic E-state index is 0.173. The van der Waals surface area contributed by atoms with Crippen molar-refractivity contribution in [2.24, 2.45) is 0 Å². The van der Waals surface area contributed by atoms with Crippen LogP contribution in [0.5, 0.6) is 0 Å². The van der Waals surface area contributed by atoms with E-state index in [-0.39, 0.29) is 11.8 Å². The summed E-state index contributed by atoms with van der Waals surface area (Å²) in [5.41, 5.74) is 0.803. The van der Waals surface area contributed by atoms with Gasteiger partial charge in [-0.2, -0.15) is 4.31 Å². The van der Waals surface area contributed by atoms with Crippen LogP contribution in [0.15, 0.2) is 24.4 Å². The highest BCUT2D eigenvalue weighted by atomic mass is 32.2. The molecule has 1 rings (SSSR count). The fraction of sp³-hybridized carbons (Fsp3) is 0.583. The average molecular weight is 256 g/mol. The second-order valence-corrected chi connectivity index (χ2v) is 6.16. The quantitative estimate of drug-likeness (QED) is 0.784. The summed E-state index contributed by atoms with van der Waals surface area (Å²) < 4.78 is 25.4. The van der Waals surface area contributed by atoms with Crippen LogP contribution in [0, 0.1) is 0 Å². The van der Waals surface area contributed by atoms with Gasteiger partial charge in [0, 0.05) is 13.2 Å². The highest BCUT2D eigenvalue weighted by molar-refractivity contribution is 7.89. The molecule has 0 saturated carbocycles. The predicted molar refractivity (Wildman–Crippen MR) is 69.1 cm³/mol. The van der Waals surface area contributed by atoms with Crippen molar-refractivity contribution in [2.45, 2.75) is 32.7 Å². The fourth-order valence-electron chi connectivity index (χ4n) is 1.82. The van der Waals surface area contributed by atoms with Crippen LogP contribution in [0.4, 0.5) is 0 Å². The first-order valence-electron chi connectivity index (χ1n) is 5.89. The summed E-state index contributed by atoms with van der Waals surface area (Å²) in [5, 5.41) is 0. The van der Waals surface area contributed by atoms with E-state index in [2.05, 4.69) is 4.98 Å². The number of pyridine rings is 1. The lowest BCUT2D eigenvalue weighted by molar-refractivity contribution is 0.360. The van der Waals surface area contributed by atoms with E-state index in [1.807, 2.05) is 32.0 Å². The Kier molecular flexibility index (Phi) is 5.08. The first-order chi connectivity index (χ1) is 8.03. The van der Waals surface area contributed by atoms with Crippen LogP contribution < -0.4 is 0 Å². The van der Waals surface area contributed by atoms with Gasteiger partial charge in [-0.25, -0.2) is 8.42 Å². The van der Waals surface area contributed by atoms with E-state index in [1.54, 1.807) is 13.2 Å². The van der Waals surface area contributed by atoms with Gasteiger partial charge >= 0.3 is 0 Å². The van der Waals surface area contributed by atoms with Gasteiger partial charge < -0.3 is 0 Å². The van der Waals surface area contributed by atoms with E-state index in [4.69, 9.17) is 0 Å². The Bertz CT molecular complexity index is 431. The van der Waals surface area contributed by atoms with Crippen molar-refractivity contribution in [1.29, 1.82) is 0 Å². The molecule has 1 aromatic heterocycles. The zero-order chi connectivity index (χ0) is 12.9. The standard InChI is InChI=1S/C12H20N2O2S/c1-4-10-17(15,16)14(3)12(5-2)11-8-6-7-9-13-11/h6-9,12H,4-5,10H2,1-3H3/t12-/m0/s1. The molecule has 0 aliphatic heterocycles. The van der Waals surface area contributed by atoms with E-state index >= 15 is 0 Å². The number of hydrogen-bond donors (Lipinski definition) is 0. The number of rotatable bonds is 6. The fourth-order valence-corrected chi connectivity index (χ4v) is 3.27. The lowest BCUT2D eigenvalue weighted by atomic mass is 10.1. The zero-order valence-electron chi connectivity index (χ0n) is 10.6. The van der Waals surface area contributed by atoms with Crippen LogP contribution in [0.25, 0.3) is 0 Å². The van der Waals surface area contributed by atoms with Gasteiger partial charge in [0.25, 0.3) is 0 Å². The Morgan fingerprint density at radius 3 is 2.53 bits per heavy atom. The van der Waals surface area contributed by atoms with Gasteiger partial charge in [0.1, 0.15) is 0 Å². The second-order valence-electron chi connectivity index (χ2n) is 4.01. The van der Waals surface area contributed by atoms with Gasteiger partial charge in [0.05, 0.1) is 17.5 Å². The molecule has 0 bridgehead atoms. The van der Waals surface area contributed by atoms with Gasteiger partial charge in [-0.05, 0) is 25.0 Å². The molecule has 0 fully saturated rings. The number of sulfonamides is 1. The Balaban J connectivity index is 2.96. The molecule has 0 spiro atoms. The van der Waals surface area contributed by atoms with Gasteiger partial charge in [-0.1, -0.05) is 19.9 Å². The molecule has 0 amide bonds. The summed E-state index contributed by atoms with van der Waals surface area (Å²) >= 11 is 0. The van der Waals surface area contributed by atoms with Crippen molar-refractivity contribution in [1.82, 2.24) is 9.29 Å². The summed E-state index contributed by atoms with van der Waals surface area (Å²) in [6.07, 6.45) is 3.04. The van der Waals surface area contributed by atoms with E-state index in [1.165, 1.54) is 4.31 Å². The molecular formula is C12H20N2O2S. The summed E-state index contributed by atoms with van der Waals surface area (Å²) in [6.45, 7) is 3.84. The molecule has 1 atom stereocenters. The van der Waals surface area contributed by atoms with Gasteiger partial charge in [0.2, 0.25) is 10.0 Å². The Morgan fingerprint density at radius 1 is 1.35 bits per heavy atom. The van der Waals surface area contributed by atoms with Gasteiger partial charge in [-0.15, -0.1) is 0 Å². The van der Waals surface area contributed by atoms with Crippen molar-refractivity contribution in [3.63, 3.8) is 0 Å². The molecule has 1 aromatic rings. The Hall–Kier alpha value is -0.940. The molecule has 1 heterocycles. The third-order valence-corrected chi connectivity index (χ3v) is 4.81. The number of nitrogens with zero attached hydrogens (tertiary/aromatic N) is 2. The molecular weight excluding hydrogens is 236 g/mol. The van der Waals surface area contributed by atoms with Crippen LogP contribution in [-0.4, -0.2) is 30.5 Å². The maximum absolute atomic E-state index is 12.0. The molecule has 0 saturated heterocycles. The normalized spacial score (nSPS) is 13.9. The van der Waals surface area contributed by atoms with E-state index in [0.29, 0.717) is 6.42 Å². The van der Waals surface area contributed by atoms with Crippen LogP contribution in [0.2, 0.25) is 0 Å². The lowest BCUT2D eigenvalue weighted by Crippen LogP contribution is -2.33. The van der Waals surface area contributed by atoms with Crippen molar-refractivity contribution in [3.05, 3.63) is 30.1 Å². The molecule has 17 heavy (non-hydrogen) atoms. The molecule has 4 nitrogen and oxygen atoms in total. The summed E-state index contributed by atoms with van der Waals surface area (Å²) in [4.78, 5) is 4.24. The van der Waals surface area contributed by atoms with Crippen molar-refractivity contribution >= 4 is 10.0 Å². The van der Waals surface area contributed by atoms with E-state index in [9.17, 15) is 8.42 Å². The first kappa shape index (κ1) is 14.1. The minimum atomic E-state index is -3.18. The lowest BCUT2D eigenvalue weighted by Gasteiger charge is -2.25. The van der Waals surface area contributed by atoms with Gasteiger partial charge in [-0.3, -0.25) is 4.98 Å². The Morgan fingerprint density at radius 2 is 2.06 bits per heavy atom. The van der Waals surface area contributed by atoms with Crippen molar-refractivity contribution in [2.75, 3.05) is 12.8 Å². The minimum Gasteiger partial charge on any atom is -0.260 e. The highest BCUT2D eigenvalue weighted by Gasteiger charge is 2.26. The first-order valence-corrected chi connectivity index (χ1v) is 7.50. The summed E-state index contributed by atoms with van der Waals surface area (Å²) in [7, 11) is -1.54. The van der Waals surface area contributed by atoms with Crippen molar-refractivity contribution in [3.8, 4) is 0 Å². The van der Waals surface area contributed by atoms with Crippen molar-refractivity contribution < 1.29 is 8.42 Å². The van der Waals surface area contributed by atoms with Gasteiger partial charge in [0.15, 0.2) is 0 Å². The SMILES string of the molecule is CCCS(=O)(=O)N(C)[C@@H](CC)c1ccccn1. The molecule has 0 N–H and O–H groups in total. The number of hydrogen-bond acceptors (Lipinski definition) is 3. The van der Waals surface area contributed by atoms with Crippen LogP contribution in [0.3, 0.4) is 0 Å².